The van der Waals surface area contributed by atoms with E-state index in [9.17, 15) is 4.79 Å². The molecule has 0 aliphatic heterocycles. The quantitative estimate of drug-likeness (QED) is 0.329. The Morgan fingerprint density at radius 1 is 1.50 bits per heavy atom. The zero-order chi connectivity index (χ0) is 10.8. The Labute approximate surface area is 94.5 Å². The number of carbonyl (C=O) groups excluding carboxylic acids is 1. The van der Waals surface area contributed by atoms with E-state index in [1.807, 2.05) is 0 Å². The summed E-state index contributed by atoms with van der Waals surface area (Å²) >= 11 is 3.21. The maximum atomic E-state index is 10.7. The fourth-order valence-electron chi connectivity index (χ4n) is 1.09. The SMILES string of the molecule is CCCCC[C@@H](C#CCBr)OC(C)=O. The second-order valence-electron chi connectivity index (χ2n) is 3.05. The predicted octanol–water partition coefficient (Wildman–Crippen LogP) is 2.90. The third-order valence-electron chi connectivity index (χ3n) is 1.71. The molecule has 1 atom stereocenters. The highest BCUT2D eigenvalue weighted by Crippen LogP contribution is 2.06. The molecule has 0 bridgehead atoms. The monoisotopic (exact) mass is 260 g/mol. The molecular weight excluding hydrogens is 244 g/mol. The van der Waals surface area contributed by atoms with Crippen LogP contribution in [0.5, 0.6) is 0 Å². The molecule has 0 aliphatic carbocycles. The molecule has 0 rings (SSSR count). The minimum atomic E-state index is -0.254. The van der Waals surface area contributed by atoms with Crippen LogP contribution in [-0.4, -0.2) is 17.4 Å². The summed E-state index contributed by atoms with van der Waals surface area (Å²) in [5.41, 5.74) is 0. The largest absolute Gasteiger partial charge is 0.449 e. The van der Waals surface area contributed by atoms with E-state index in [2.05, 4.69) is 34.7 Å². The van der Waals surface area contributed by atoms with Crippen LogP contribution < -0.4 is 0 Å². The maximum absolute atomic E-state index is 10.7. The van der Waals surface area contributed by atoms with E-state index < -0.39 is 0 Å². The van der Waals surface area contributed by atoms with Crippen LogP contribution in [0.15, 0.2) is 0 Å². The number of hydrogen-bond donors (Lipinski definition) is 0. The lowest BCUT2D eigenvalue weighted by Gasteiger charge is -2.10. The van der Waals surface area contributed by atoms with Gasteiger partial charge in [0.25, 0.3) is 0 Å². The lowest BCUT2D eigenvalue weighted by atomic mass is 10.1. The van der Waals surface area contributed by atoms with E-state index in [0.717, 1.165) is 19.3 Å². The normalized spacial score (nSPS) is 11.4. The summed E-state index contributed by atoms with van der Waals surface area (Å²) < 4.78 is 5.07. The van der Waals surface area contributed by atoms with E-state index in [-0.39, 0.29) is 12.1 Å². The van der Waals surface area contributed by atoms with Crippen molar-refractivity contribution < 1.29 is 9.53 Å². The number of ether oxygens (including phenoxy) is 1. The molecule has 3 heteroatoms. The van der Waals surface area contributed by atoms with Crippen LogP contribution in [0.4, 0.5) is 0 Å². The van der Waals surface area contributed by atoms with Crippen molar-refractivity contribution in [2.45, 2.75) is 45.6 Å². The summed E-state index contributed by atoms with van der Waals surface area (Å²) in [4.78, 5) is 10.7. The Morgan fingerprint density at radius 3 is 2.71 bits per heavy atom. The standard InChI is InChI=1S/C11H17BrO2/c1-3-4-5-7-11(8-6-9-12)14-10(2)13/h11H,3-5,7,9H2,1-2H3/t11-/m0/s1. The minimum absolute atomic E-state index is 0.225. The van der Waals surface area contributed by atoms with Crippen molar-refractivity contribution >= 4 is 21.9 Å². The zero-order valence-corrected chi connectivity index (χ0v) is 10.4. The molecule has 0 saturated heterocycles. The molecule has 0 aromatic rings. The first-order valence-corrected chi connectivity index (χ1v) is 6.04. The Bertz CT molecular complexity index is 215. The van der Waals surface area contributed by atoms with Crippen LogP contribution in [0.1, 0.15) is 39.5 Å². The van der Waals surface area contributed by atoms with Crippen LogP contribution in [0.3, 0.4) is 0 Å². The van der Waals surface area contributed by atoms with Crippen molar-refractivity contribution in [3.05, 3.63) is 0 Å². The second kappa shape index (κ2) is 9.08. The van der Waals surface area contributed by atoms with Crippen molar-refractivity contribution in [2.75, 3.05) is 5.33 Å². The van der Waals surface area contributed by atoms with Crippen molar-refractivity contribution in [1.82, 2.24) is 0 Å². The van der Waals surface area contributed by atoms with Crippen LogP contribution >= 0.6 is 15.9 Å². The highest BCUT2D eigenvalue weighted by Gasteiger charge is 2.07. The first-order valence-electron chi connectivity index (χ1n) is 4.92. The highest BCUT2D eigenvalue weighted by molar-refractivity contribution is 9.09. The fraction of sp³-hybridized carbons (Fsp3) is 0.727. The molecule has 0 amide bonds. The molecule has 0 aromatic carbocycles. The van der Waals surface area contributed by atoms with Gasteiger partial charge in [-0.05, 0) is 12.8 Å². The van der Waals surface area contributed by atoms with Gasteiger partial charge in [-0.1, -0.05) is 47.5 Å². The molecule has 0 spiro atoms. The number of halogens is 1. The lowest BCUT2D eigenvalue weighted by Crippen LogP contribution is -2.14. The van der Waals surface area contributed by atoms with Gasteiger partial charge in [0.2, 0.25) is 0 Å². The summed E-state index contributed by atoms with van der Waals surface area (Å²) in [6, 6.07) is 0. The first kappa shape index (κ1) is 13.5. The van der Waals surface area contributed by atoms with Gasteiger partial charge < -0.3 is 4.74 Å². The first-order chi connectivity index (χ1) is 6.70. The van der Waals surface area contributed by atoms with Gasteiger partial charge in [-0.2, -0.15) is 0 Å². The molecule has 0 N–H and O–H groups in total. The third kappa shape index (κ3) is 8.12. The van der Waals surface area contributed by atoms with Crippen LogP contribution in [0.25, 0.3) is 0 Å². The Kier molecular flexibility index (Phi) is 8.76. The summed E-state index contributed by atoms with van der Waals surface area (Å²) in [6.45, 7) is 3.56. The van der Waals surface area contributed by atoms with Gasteiger partial charge in [0, 0.05) is 6.92 Å². The molecule has 14 heavy (non-hydrogen) atoms. The highest BCUT2D eigenvalue weighted by atomic mass is 79.9. The molecular formula is C11H17BrO2. The lowest BCUT2D eigenvalue weighted by molar-refractivity contribution is -0.144. The number of esters is 1. The number of alkyl halides is 1. The summed E-state index contributed by atoms with van der Waals surface area (Å²) in [7, 11) is 0. The molecule has 0 unspecified atom stereocenters. The van der Waals surface area contributed by atoms with E-state index in [4.69, 9.17) is 4.74 Å². The van der Waals surface area contributed by atoms with Crippen molar-refractivity contribution in [3.8, 4) is 11.8 Å². The van der Waals surface area contributed by atoms with Gasteiger partial charge in [-0.3, -0.25) is 4.79 Å². The molecule has 80 valence electrons. The second-order valence-corrected chi connectivity index (χ2v) is 3.61. The van der Waals surface area contributed by atoms with Crippen LogP contribution in [0, 0.1) is 11.8 Å². The summed E-state index contributed by atoms with van der Waals surface area (Å²) in [6.07, 6.45) is 4.00. The predicted molar refractivity (Wildman–Crippen MR) is 61.3 cm³/mol. The molecule has 0 aliphatic rings. The number of carbonyl (C=O) groups is 1. The minimum Gasteiger partial charge on any atom is -0.449 e. The van der Waals surface area contributed by atoms with Gasteiger partial charge in [-0.15, -0.1) is 0 Å². The molecule has 0 fully saturated rings. The molecule has 0 heterocycles. The topological polar surface area (TPSA) is 26.3 Å². The van der Waals surface area contributed by atoms with E-state index in [1.165, 1.54) is 13.3 Å². The average Bonchev–Trinajstić information content (AvgIpc) is 2.13. The van der Waals surface area contributed by atoms with Gasteiger partial charge in [0.15, 0.2) is 6.10 Å². The van der Waals surface area contributed by atoms with Gasteiger partial charge in [0.1, 0.15) is 0 Å². The van der Waals surface area contributed by atoms with E-state index in [0.29, 0.717) is 5.33 Å². The van der Waals surface area contributed by atoms with E-state index in [1.54, 1.807) is 0 Å². The Balaban J connectivity index is 3.90. The third-order valence-corrected chi connectivity index (χ3v) is 1.99. The molecule has 0 saturated carbocycles. The van der Waals surface area contributed by atoms with Crippen molar-refractivity contribution in [3.63, 3.8) is 0 Å². The fourth-order valence-corrected chi connectivity index (χ4v) is 1.25. The van der Waals surface area contributed by atoms with Crippen LogP contribution in [0.2, 0.25) is 0 Å². The summed E-state index contributed by atoms with van der Waals surface area (Å²) in [5.74, 6) is 5.54. The molecule has 2 nitrogen and oxygen atoms in total. The van der Waals surface area contributed by atoms with Gasteiger partial charge >= 0.3 is 5.97 Å². The zero-order valence-electron chi connectivity index (χ0n) is 8.81. The van der Waals surface area contributed by atoms with Gasteiger partial charge in [0.05, 0.1) is 5.33 Å². The maximum Gasteiger partial charge on any atom is 0.303 e. The Hall–Kier alpha value is -0.490. The Morgan fingerprint density at radius 2 is 2.21 bits per heavy atom. The van der Waals surface area contributed by atoms with Gasteiger partial charge in [-0.25, -0.2) is 0 Å². The number of unbranched alkanes of at least 4 members (excludes halogenated alkanes) is 2. The summed E-state index contributed by atoms with van der Waals surface area (Å²) in [5, 5.41) is 0.624. The van der Waals surface area contributed by atoms with Crippen molar-refractivity contribution in [1.29, 1.82) is 0 Å². The number of rotatable bonds is 5. The molecule has 0 radical (unpaired) electrons. The smallest absolute Gasteiger partial charge is 0.303 e. The molecule has 0 aromatic heterocycles. The van der Waals surface area contributed by atoms with Crippen LogP contribution in [-0.2, 0) is 9.53 Å². The number of hydrogen-bond acceptors (Lipinski definition) is 2. The van der Waals surface area contributed by atoms with E-state index >= 15 is 0 Å². The van der Waals surface area contributed by atoms with Crippen molar-refractivity contribution in [2.24, 2.45) is 0 Å². The average molecular weight is 261 g/mol.